The number of hydrogen-bond donors (Lipinski definition) is 1. The molecule has 1 N–H and O–H groups in total. The Morgan fingerprint density at radius 3 is 2.45 bits per heavy atom. The Morgan fingerprint density at radius 2 is 1.66 bits per heavy atom. The van der Waals surface area contributed by atoms with Crippen molar-refractivity contribution < 1.29 is 14.1 Å². The molecule has 29 heavy (non-hydrogen) atoms. The molecule has 0 fully saturated rings. The van der Waals surface area contributed by atoms with E-state index in [4.69, 9.17) is 9.26 Å². The molecule has 0 spiro atoms. The van der Waals surface area contributed by atoms with Gasteiger partial charge in [0, 0.05) is 23.7 Å². The summed E-state index contributed by atoms with van der Waals surface area (Å²) in [4.78, 5) is 12.4. The van der Waals surface area contributed by atoms with Gasteiger partial charge in [-0.15, -0.1) is 0 Å². The minimum atomic E-state index is -0.146. The summed E-state index contributed by atoms with van der Waals surface area (Å²) in [5, 5.41) is 6.96. The zero-order valence-corrected chi connectivity index (χ0v) is 15.7. The number of nitrogens with zero attached hydrogens (tertiary/aromatic N) is 1. The van der Waals surface area contributed by atoms with Crippen LogP contribution >= 0.6 is 0 Å². The molecule has 1 amide bonds. The smallest absolute Gasteiger partial charge is 0.251 e. The highest BCUT2D eigenvalue weighted by atomic mass is 16.5. The molecular formula is C24H20N2O3. The molecule has 0 saturated carbocycles. The summed E-state index contributed by atoms with van der Waals surface area (Å²) in [7, 11) is 0. The zero-order chi connectivity index (χ0) is 19.9. The first-order chi connectivity index (χ1) is 14.3. The predicted octanol–water partition coefficient (Wildman–Crippen LogP) is 4.85. The lowest BCUT2D eigenvalue weighted by Gasteiger charge is -2.08. The van der Waals surface area contributed by atoms with Crippen LogP contribution in [-0.4, -0.2) is 11.1 Å². The number of carbonyl (C=O) groups is 1. The molecule has 0 aliphatic carbocycles. The van der Waals surface area contributed by atoms with E-state index < -0.39 is 0 Å². The Hall–Kier alpha value is -3.86. The van der Waals surface area contributed by atoms with E-state index in [0.29, 0.717) is 29.3 Å². The second kappa shape index (κ2) is 8.89. The van der Waals surface area contributed by atoms with E-state index in [2.05, 4.69) is 10.5 Å². The van der Waals surface area contributed by atoms with Gasteiger partial charge in [-0.25, -0.2) is 0 Å². The van der Waals surface area contributed by atoms with Crippen LogP contribution in [0.1, 0.15) is 21.6 Å². The largest absolute Gasteiger partial charge is 0.487 e. The number of benzene rings is 3. The molecular weight excluding hydrogens is 364 g/mol. The summed E-state index contributed by atoms with van der Waals surface area (Å²) in [5.74, 6) is 1.15. The van der Waals surface area contributed by atoms with Crippen LogP contribution in [0.3, 0.4) is 0 Å². The average molecular weight is 384 g/mol. The van der Waals surface area contributed by atoms with Crippen LogP contribution in [0, 0.1) is 0 Å². The third-order valence-corrected chi connectivity index (χ3v) is 4.40. The van der Waals surface area contributed by atoms with E-state index in [0.717, 1.165) is 11.1 Å². The summed E-state index contributed by atoms with van der Waals surface area (Å²) >= 11 is 0. The van der Waals surface area contributed by atoms with Crippen LogP contribution in [0.15, 0.2) is 95.5 Å². The van der Waals surface area contributed by atoms with E-state index in [1.54, 1.807) is 18.2 Å². The van der Waals surface area contributed by atoms with E-state index in [-0.39, 0.29) is 12.5 Å². The summed E-state index contributed by atoms with van der Waals surface area (Å²) in [5.41, 5.74) is 3.24. The fraction of sp³-hybridized carbons (Fsp3) is 0.0833. The molecule has 4 rings (SSSR count). The van der Waals surface area contributed by atoms with Crippen LogP contribution in [0.2, 0.25) is 0 Å². The lowest BCUT2D eigenvalue weighted by atomic mass is 10.1. The number of aromatic nitrogens is 1. The number of rotatable bonds is 7. The number of amides is 1. The summed E-state index contributed by atoms with van der Waals surface area (Å²) in [6, 6.07) is 28.5. The lowest BCUT2D eigenvalue weighted by molar-refractivity contribution is 0.0950. The molecule has 4 aromatic rings. The van der Waals surface area contributed by atoms with Gasteiger partial charge in [-0.2, -0.15) is 0 Å². The topological polar surface area (TPSA) is 64.4 Å². The molecule has 0 atom stereocenters. The van der Waals surface area contributed by atoms with Gasteiger partial charge in [-0.3, -0.25) is 4.79 Å². The van der Waals surface area contributed by atoms with E-state index in [9.17, 15) is 4.79 Å². The SMILES string of the molecule is O=C(NCc1ccccc1)c1cccc(OCc2cc(-c3ccccc3)on2)c1. The zero-order valence-electron chi connectivity index (χ0n) is 15.7. The summed E-state index contributed by atoms with van der Waals surface area (Å²) < 4.78 is 11.2. The Bertz CT molecular complexity index is 1080. The maximum Gasteiger partial charge on any atom is 0.251 e. The van der Waals surface area contributed by atoms with Crippen LogP contribution in [0.5, 0.6) is 5.75 Å². The van der Waals surface area contributed by atoms with Crippen LogP contribution in [-0.2, 0) is 13.2 Å². The minimum Gasteiger partial charge on any atom is -0.487 e. The predicted molar refractivity (Wildman–Crippen MR) is 110 cm³/mol. The third-order valence-electron chi connectivity index (χ3n) is 4.40. The van der Waals surface area contributed by atoms with Gasteiger partial charge in [0.05, 0.1) is 0 Å². The summed E-state index contributed by atoms with van der Waals surface area (Å²) in [6.07, 6.45) is 0. The fourth-order valence-electron chi connectivity index (χ4n) is 2.88. The van der Waals surface area contributed by atoms with Crippen molar-refractivity contribution in [1.82, 2.24) is 10.5 Å². The minimum absolute atomic E-state index is 0.146. The van der Waals surface area contributed by atoms with Gasteiger partial charge in [0.25, 0.3) is 5.91 Å². The Labute approximate surface area is 168 Å². The number of nitrogens with one attached hydrogen (secondary N) is 1. The normalized spacial score (nSPS) is 10.5. The highest BCUT2D eigenvalue weighted by Gasteiger charge is 2.09. The van der Waals surface area contributed by atoms with Crippen molar-refractivity contribution >= 4 is 5.91 Å². The first-order valence-corrected chi connectivity index (χ1v) is 9.34. The van der Waals surface area contributed by atoms with Crippen molar-refractivity contribution in [1.29, 1.82) is 0 Å². The molecule has 1 heterocycles. The first kappa shape index (κ1) is 18.5. The molecule has 3 aromatic carbocycles. The number of hydrogen-bond acceptors (Lipinski definition) is 4. The van der Waals surface area contributed by atoms with Crippen molar-refractivity contribution in [3.63, 3.8) is 0 Å². The van der Waals surface area contributed by atoms with E-state index in [1.165, 1.54) is 0 Å². The number of carbonyl (C=O) groups excluding carboxylic acids is 1. The first-order valence-electron chi connectivity index (χ1n) is 9.34. The van der Waals surface area contributed by atoms with Crippen molar-refractivity contribution in [3.05, 3.63) is 108 Å². The van der Waals surface area contributed by atoms with Gasteiger partial charge in [0.15, 0.2) is 5.76 Å². The average Bonchev–Trinajstić information content (AvgIpc) is 3.27. The molecule has 0 bridgehead atoms. The van der Waals surface area contributed by atoms with Gasteiger partial charge in [-0.05, 0) is 23.8 Å². The molecule has 0 saturated heterocycles. The van der Waals surface area contributed by atoms with Gasteiger partial charge >= 0.3 is 0 Å². The van der Waals surface area contributed by atoms with Crippen LogP contribution < -0.4 is 10.1 Å². The maximum atomic E-state index is 12.4. The second-order valence-corrected chi connectivity index (χ2v) is 6.53. The van der Waals surface area contributed by atoms with E-state index >= 15 is 0 Å². The monoisotopic (exact) mass is 384 g/mol. The quantitative estimate of drug-likeness (QED) is 0.495. The Balaban J connectivity index is 1.35. The summed E-state index contributed by atoms with van der Waals surface area (Å²) in [6.45, 7) is 0.734. The molecule has 5 nitrogen and oxygen atoms in total. The third kappa shape index (κ3) is 4.90. The molecule has 1 aromatic heterocycles. The molecule has 0 unspecified atom stereocenters. The lowest BCUT2D eigenvalue weighted by Crippen LogP contribution is -2.22. The highest BCUT2D eigenvalue weighted by Crippen LogP contribution is 2.21. The van der Waals surface area contributed by atoms with Crippen LogP contribution in [0.4, 0.5) is 0 Å². The van der Waals surface area contributed by atoms with Crippen LogP contribution in [0.25, 0.3) is 11.3 Å². The maximum absolute atomic E-state index is 12.4. The fourth-order valence-corrected chi connectivity index (χ4v) is 2.88. The van der Waals surface area contributed by atoms with Gasteiger partial charge < -0.3 is 14.6 Å². The Morgan fingerprint density at radius 1 is 0.897 bits per heavy atom. The van der Waals surface area contributed by atoms with Crippen molar-refractivity contribution in [2.24, 2.45) is 0 Å². The van der Waals surface area contributed by atoms with Gasteiger partial charge in [0.1, 0.15) is 18.1 Å². The molecule has 144 valence electrons. The van der Waals surface area contributed by atoms with Gasteiger partial charge in [-0.1, -0.05) is 71.9 Å². The molecule has 0 aliphatic rings. The van der Waals surface area contributed by atoms with Crippen molar-refractivity contribution in [3.8, 4) is 17.1 Å². The van der Waals surface area contributed by atoms with E-state index in [1.807, 2.05) is 72.8 Å². The molecule has 0 aliphatic heterocycles. The molecule has 5 heteroatoms. The second-order valence-electron chi connectivity index (χ2n) is 6.53. The highest BCUT2D eigenvalue weighted by molar-refractivity contribution is 5.94. The van der Waals surface area contributed by atoms with Gasteiger partial charge in [0.2, 0.25) is 0 Å². The van der Waals surface area contributed by atoms with Crippen molar-refractivity contribution in [2.45, 2.75) is 13.2 Å². The standard InChI is InChI=1S/C24H20N2O3/c27-24(25-16-18-8-3-1-4-9-18)20-12-7-13-22(14-20)28-17-21-15-23(29-26-21)19-10-5-2-6-11-19/h1-15H,16-17H2,(H,25,27). The Kier molecular flexibility index (Phi) is 5.67. The van der Waals surface area contributed by atoms with Crippen molar-refractivity contribution in [2.75, 3.05) is 0 Å². The molecule has 0 radical (unpaired) electrons. The number of ether oxygens (including phenoxy) is 1.